The lowest BCUT2D eigenvalue weighted by Crippen LogP contribution is -2.38. The Bertz CT molecular complexity index is 327. The molecule has 0 aliphatic carbocycles. The minimum absolute atomic E-state index is 0.360. The molecule has 0 fully saturated rings. The van der Waals surface area contributed by atoms with E-state index in [0.717, 1.165) is 26.0 Å². The van der Waals surface area contributed by atoms with Gasteiger partial charge in [0.1, 0.15) is 0 Å². The van der Waals surface area contributed by atoms with Gasteiger partial charge in [-0.25, -0.2) is 0 Å². The van der Waals surface area contributed by atoms with Crippen molar-refractivity contribution in [2.45, 2.75) is 38.8 Å². The van der Waals surface area contributed by atoms with Crippen LogP contribution in [0.15, 0.2) is 30.3 Å². The van der Waals surface area contributed by atoms with Crippen LogP contribution in [0, 0.1) is 5.92 Å². The van der Waals surface area contributed by atoms with E-state index in [2.05, 4.69) is 49.5 Å². The van der Waals surface area contributed by atoms with Crippen molar-refractivity contribution in [1.29, 1.82) is 0 Å². The molecule has 3 nitrogen and oxygen atoms in total. The Kier molecular flexibility index (Phi) is 7.72. The molecule has 0 saturated heterocycles. The SMILES string of the molecule is COCC(CCCN)NC(c1ccccc1)C(C)C. The molecule has 0 bridgehead atoms. The topological polar surface area (TPSA) is 47.3 Å². The lowest BCUT2D eigenvalue weighted by Gasteiger charge is -2.28. The molecule has 0 amide bonds. The number of hydrogen-bond donors (Lipinski definition) is 2. The van der Waals surface area contributed by atoms with Gasteiger partial charge in [0, 0.05) is 19.2 Å². The maximum absolute atomic E-state index is 5.61. The highest BCUT2D eigenvalue weighted by atomic mass is 16.5. The third-order valence-electron chi connectivity index (χ3n) is 3.37. The van der Waals surface area contributed by atoms with Crippen molar-refractivity contribution in [2.24, 2.45) is 11.7 Å². The second-order valence-corrected chi connectivity index (χ2v) is 5.38. The molecule has 0 aliphatic heterocycles. The minimum Gasteiger partial charge on any atom is -0.383 e. The van der Waals surface area contributed by atoms with Crippen molar-refractivity contribution >= 4 is 0 Å². The van der Waals surface area contributed by atoms with E-state index < -0.39 is 0 Å². The van der Waals surface area contributed by atoms with Crippen molar-refractivity contribution < 1.29 is 4.74 Å². The molecule has 0 radical (unpaired) electrons. The van der Waals surface area contributed by atoms with Gasteiger partial charge in [-0.05, 0) is 30.9 Å². The number of rotatable bonds is 9. The molecule has 2 atom stereocenters. The largest absolute Gasteiger partial charge is 0.383 e. The molecule has 2 unspecified atom stereocenters. The van der Waals surface area contributed by atoms with E-state index in [-0.39, 0.29) is 0 Å². The molecule has 0 saturated carbocycles. The molecular formula is C16H28N2O. The smallest absolute Gasteiger partial charge is 0.0616 e. The summed E-state index contributed by atoms with van der Waals surface area (Å²) >= 11 is 0. The van der Waals surface area contributed by atoms with Gasteiger partial charge in [-0.15, -0.1) is 0 Å². The van der Waals surface area contributed by atoms with Crippen LogP contribution in [0.3, 0.4) is 0 Å². The van der Waals surface area contributed by atoms with Crippen molar-refractivity contribution in [2.75, 3.05) is 20.3 Å². The van der Waals surface area contributed by atoms with Gasteiger partial charge in [0.15, 0.2) is 0 Å². The summed E-state index contributed by atoms with van der Waals surface area (Å²) in [4.78, 5) is 0. The number of nitrogens with one attached hydrogen (secondary N) is 1. The van der Waals surface area contributed by atoms with Crippen molar-refractivity contribution in [3.8, 4) is 0 Å². The van der Waals surface area contributed by atoms with Crippen molar-refractivity contribution in [1.82, 2.24) is 5.32 Å². The minimum atomic E-state index is 0.360. The van der Waals surface area contributed by atoms with Crippen LogP contribution in [-0.2, 0) is 4.74 Å². The van der Waals surface area contributed by atoms with Gasteiger partial charge in [-0.1, -0.05) is 44.2 Å². The summed E-state index contributed by atoms with van der Waals surface area (Å²) in [5, 5.41) is 3.72. The molecule has 19 heavy (non-hydrogen) atoms. The van der Waals surface area contributed by atoms with E-state index in [1.54, 1.807) is 7.11 Å². The first-order chi connectivity index (χ1) is 9.19. The second kappa shape index (κ2) is 9.08. The summed E-state index contributed by atoms with van der Waals surface area (Å²) in [6.45, 7) is 5.96. The highest BCUT2D eigenvalue weighted by Crippen LogP contribution is 2.22. The molecule has 0 heterocycles. The summed E-state index contributed by atoms with van der Waals surface area (Å²) < 4.78 is 5.31. The molecule has 0 spiro atoms. The average Bonchev–Trinajstić information content (AvgIpc) is 2.42. The van der Waals surface area contributed by atoms with Gasteiger partial charge < -0.3 is 15.8 Å². The number of nitrogens with two attached hydrogens (primary N) is 1. The Labute approximate surface area is 117 Å². The molecule has 1 rings (SSSR count). The third-order valence-corrected chi connectivity index (χ3v) is 3.37. The van der Waals surface area contributed by atoms with Gasteiger partial charge in [0.05, 0.1) is 6.61 Å². The molecule has 1 aromatic rings. The first-order valence-corrected chi connectivity index (χ1v) is 7.19. The van der Waals surface area contributed by atoms with Crippen LogP contribution >= 0.6 is 0 Å². The van der Waals surface area contributed by atoms with Crippen LogP contribution in [0.1, 0.15) is 38.3 Å². The molecular weight excluding hydrogens is 236 g/mol. The van der Waals surface area contributed by atoms with Crippen molar-refractivity contribution in [3.63, 3.8) is 0 Å². The first-order valence-electron chi connectivity index (χ1n) is 7.19. The Morgan fingerprint density at radius 2 is 1.89 bits per heavy atom. The molecule has 3 heteroatoms. The number of methoxy groups -OCH3 is 1. The predicted molar refractivity (Wildman–Crippen MR) is 81.1 cm³/mol. The maximum atomic E-state index is 5.61. The van der Waals surface area contributed by atoms with E-state index in [0.29, 0.717) is 18.0 Å². The fourth-order valence-electron chi connectivity index (χ4n) is 2.37. The number of benzene rings is 1. The molecule has 1 aromatic carbocycles. The highest BCUT2D eigenvalue weighted by molar-refractivity contribution is 5.19. The Morgan fingerprint density at radius 3 is 2.42 bits per heavy atom. The van der Waals surface area contributed by atoms with Crippen LogP contribution < -0.4 is 11.1 Å². The average molecular weight is 264 g/mol. The molecule has 0 aromatic heterocycles. The van der Waals surface area contributed by atoms with E-state index in [9.17, 15) is 0 Å². The lowest BCUT2D eigenvalue weighted by molar-refractivity contribution is 0.150. The van der Waals surface area contributed by atoms with Gasteiger partial charge in [0.25, 0.3) is 0 Å². The van der Waals surface area contributed by atoms with Crippen LogP contribution in [0.25, 0.3) is 0 Å². The normalized spacial score (nSPS) is 14.6. The van der Waals surface area contributed by atoms with Crippen molar-refractivity contribution in [3.05, 3.63) is 35.9 Å². The summed E-state index contributed by atoms with van der Waals surface area (Å²) in [5.41, 5.74) is 6.95. The highest BCUT2D eigenvalue weighted by Gasteiger charge is 2.19. The van der Waals surface area contributed by atoms with E-state index in [1.807, 2.05) is 0 Å². The summed E-state index contributed by atoms with van der Waals surface area (Å²) in [7, 11) is 1.75. The van der Waals surface area contributed by atoms with E-state index >= 15 is 0 Å². The second-order valence-electron chi connectivity index (χ2n) is 5.38. The quantitative estimate of drug-likeness (QED) is 0.721. The van der Waals surface area contributed by atoms with Crippen LogP contribution in [0.2, 0.25) is 0 Å². The lowest BCUT2D eigenvalue weighted by atomic mass is 9.94. The zero-order chi connectivity index (χ0) is 14.1. The number of ether oxygens (including phenoxy) is 1. The summed E-state index contributed by atoms with van der Waals surface area (Å²) in [6.07, 6.45) is 2.08. The van der Waals surface area contributed by atoms with Crippen LogP contribution in [0.5, 0.6) is 0 Å². The van der Waals surface area contributed by atoms with Gasteiger partial charge in [-0.3, -0.25) is 0 Å². The maximum Gasteiger partial charge on any atom is 0.0616 e. The number of hydrogen-bond acceptors (Lipinski definition) is 3. The van der Waals surface area contributed by atoms with Gasteiger partial charge >= 0.3 is 0 Å². The van der Waals surface area contributed by atoms with Crippen LogP contribution in [0.4, 0.5) is 0 Å². The zero-order valence-corrected chi connectivity index (χ0v) is 12.4. The van der Waals surface area contributed by atoms with Gasteiger partial charge in [0.2, 0.25) is 0 Å². The van der Waals surface area contributed by atoms with Crippen LogP contribution in [-0.4, -0.2) is 26.3 Å². The van der Waals surface area contributed by atoms with Gasteiger partial charge in [-0.2, -0.15) is 0 Å². The first kappa shape index (κ1) is 16.2. The molecule has 0 aliphatic rings. The predicted octanol–water partition coefficient (Wildman–Crippen LogP) is 2.73. The standard InChI is InChI=1S/C16H28N2O/c1-13(2)16(14-8-5-4-6-9-14)18-15(12-19-3)10-7-11-17/h4-6,8-9,13,15-16,18H,7,10-12,17H2,1-3H3. The molecule has 3 N–H and O–H groups in total. The fourth-order valence-corrected chi connectivity index (χ4v) is 2.37. The summed E-state index contributed by atoms with van der Waals surface area (Å²) in [6, 6.07) is 11.3. The zero-order valence-electron chi connectivity index (χ0n) is 12.4. The Balaban J connectivity index is 2.70. The fraction of sp³-hybridized carbons (Fsp3) is 0.625. The third kappa shape index (κ3) is 5.72. The summed E-state index contributed by atoms with van der Waals surface area (Å²) in [5.74, 6) is 0.541. The Hall–Kier alpha value is -0.900. The monoisotopic (exact) mass is 264 g/mol. The van der Waals surface area contributed by atoms with E-state index in [4.69, 9.17) is 10.5 Å². The Morgan fingerprint density at radius 1 is 1.21 bits per heavy atom. The molecule has 108 valence electrons. The van der Waals surface area contributed by atoms with E-state index in [1.165, 1.54) is 5.56 Å².